The normalized spacial score (nSPS) is 14.7. The van der Waals surface area contributed by atoms with E-state index in [1.54, 1.807) is 24.9 Å². The quantitative estimate of drug-likeness (QED) is 0.623. The summed E-state index contributed by atoms with van der Waals surface area (Å²) in [6.07, 6.45) is 6.18. The van der Waals surface area contributed by atoms with Crippen molar-refractivity contribution in [3.8, 4) is 5.75 Å². The fourth-order valence-electron chi connectivity index (χ4n) is 3.59. The summed E-state index contributed by atoms with van der Waals surface area (Å²) in [5.41, 5.74) is 0.942. The predicted octanol–water partition coefficient (Wildman–Crippen LogP) is 2.64. The van der Waals surface area contributed by atoms with Gasteiger partial charge in [0.25, 0.3) is 0 Å². The Hall–Kier alpha value is -2.81. The lowest BCUT2D eigenvalue weighted by Crippen LogP contribution is -2.32. The van der Waals surface area contributed by atoms with Crippen molar-refractivity contribution in [2.45, 2.75) is 55.5 Å². The van der Waals surface area contributed by atoms with E-state index in [4.69, 9.17) is 4.74 Å². The lowest BCUT2D eigenvalue weighted by atomic mass is 10.0. The number of thioether (sulfide) groups is 1. The van der Waals surface area contributed by atoms with Crippen LogP contribution >= 0.6 is 11.8 Å². The van der Waals surface area contributed by atoms with Crippen molar-refractivity contribution in [3.63, 3.8) is 0 Å². The van der Waals surface area contributed by atoms with Crippen molar-refractivity contribution in [2.75, 3.05) is 7.11 Å². The van der Waals surface area contributed by atoms with Crippen molar-refractivity contribution in [1.29, 1.82) is 0 Å². The van der Waals surface area contributed by atoms with Crippen LogP contribution in [0.1, 0.15) is 37.7 Å². The van der Waals surface area contributed by atoms with Gasteiger partial charge in [-0.3, -0.25) is 4.79 Å². The molecule has 3 aromatic rings. The molecule has 1 aliphatic carbocycles. The van der Waals surface area contributed by atoms with E-state index < -0.39 is 5.69 Å². The summed E-state index contributed by atoms with van der Waals surface area (Å²) in [5.74, 6) is 0.437. The first-order valence-corrected chi connectivity index (χ1v) is 11.0. The van der Waals surface area contributed by atoms with Gasteiger partial charge in [-0.05, 0) is 42.7 Å². The molecule has 2 heterocycles. The predicted molar refractivity (Wildman–Crippen MR) is 115 cm³/mol. The molecule has 0 bridgehead atoms. The minimum atomic E-state index is -0.410. The molecule has 30 heavy (non-hydrogen) atoms. The molecule has 0 unspecified atom stereocenters. The van der Waals surface area contributed by atoms with Gasteiger partial charge in [-0.15, -0.1) is 16.9 Å². The SMILES string of the molecule is COc1cccc(CNC(=O)Cn2nc3ccc(SC4CCCCC4)nn3c2=O)c1. The second-order valence-electron chi connectivity index (χ2n) is 7.39. The molecule has 0 spiro atoms. The summed E-state index contributed by atoms with van der Waals surface area (Å²) in [4.78, 5) is 25.0. The molecule has 158 valence electrons. The Bertz CT molecular complexity index is 1090. The Morgan fingerprint density at radius 3 is 2.83 bits per heavy atom. The Balaban J connectivity index is 1.41. The summed E-state index contributed by atoms with van der Waals surface area (Å²) in [6, 6.07) is 11.1. The lowest BCUT2D eigenvalue weighted by molar-refractivity contribution is -0.122. The van der Waals surface area contributed by atoms with Crippen LogP contribution in [0.3, 0.4) is 0 Å². The number of ether oxygens (including phenoxy) is 1. The highest BCUT2D eigenvalue weighted by Crippen LogP contribution is 2.32. The number of benzene rings is 1. The molecule has 0 aliphatic heterocycles. The van der Waals surface area contributed by atoms with Crippen LogP contribution in [-0.4, -0.2) is 37.7 Å². The zero-order valence-electron chi connectivity index (χ0n) is 16.9. The van der Waals surface area contributed by atoms with Gasteiger partial charge in [0.15, 0.2) is 5.65 Å². The summed E-state index contributed by atoms with van der Waals surface area (Å²) in [5, 5.41) is 12.9. The second-order valence-corrected chi connectivity index (χ2v) is 8.71. The number of hydrogen-bond donors (Lipinski definition) is 1. The van der Waals surface area contributed by atoms with Crippen molar-refractivity contribution >= 4 is 23.3 Å². The Kier molecular flexibility index (Phi) is 6.37. The minimum Gasteiger partial charge on any atom is -0.497 e. The van der Waals surface area contributed by atoms with Crippen molar-refractivity contribution in [2.24, 2.45) is 0 Å². The molecular formula is C21H25N5O3S. The maximum Gasteiger partial charge on any atom is 0.367 e. The highest BCUT2D eigenvalue weighted by atomic mass is 32.2. The number of hydrogen-bond acceptors (Lipinski definition) is 6. The fourth-order valence-corrected chi connectivity index (χ4v) is 4.77. The van der Waals surface area contributed by atoms with Crippen molar-refractivity contribution in [1.82, 2.24) is 24.7 Å². The highest BCUT2D eigenvalue weighted by Gasteiger charge is 2.17. The third-order valence-electron chi connectivity index (χ3n) is 5.17. The van der Waals surface area contributed by atoms with Crippen molar-refractivity contribution in [3.05, 3.63) is 52.4 Å². The number of fused-ring (bicyclic) bond motifs is 1. The van der Waals surface area contributed by atoms with Crippen LogP contribution in [0.4, 0.5) is 0 Å². The van der Waals surface area contributed by atoms with Crippen LogP contribution in [0.5, 0.6) is 5.75 Å². The monoisotopic (exact) mass is 427 g/mol. The molecule has 1 aromatic carbocycles. The number of nitrogens with zero attached hydrogens (tertiary/aromatic N) is 4. The zero-order valence-corrected chi connectivity index (χ0v) is 17.7. The van der Waals surface area contributed by atoms with E-state index in [1.807, 2.05) is 30.3 Å². The molecule has 1 amide bonds. The van der Waals surface area contributed by atoms with E-state index in [2.05, 4.69) is 15.5 Å². The number of aromatic nitrogens is 4. The van der Waals surface area contributed by atoms with Gasteiger partial charge in [-0.25, -0.2) is 9.48 Å². The molecule has 2 aromatic heterocycles. The van der Waals surface area contributed by atoms with Crippen LogP contribution in [0, 0.1) is 0 Å². The first kappa shape index (κ1) is 20.5. The smallest absolute Gasteiger partial charge is 0.367 e. The van der Waals surface area contributed by atoms with E-state index in [0.29, 0.717) is 17.4 Å². The maximum absolute atomic E-state index is 12.7. The van der Waals surface area contributed by atoms with E-state index >= 15 is 0 Å². The largest absolute Gasteiger partial charge is 0.497 e. The third-order valence-corrected chi connectivity index (χ3v) is 6.44. The number of carbonyl (C=O) groups excluding carboxylic acids is 1. The Labute approximate surface area is 178 Å². The van der Waals surface area contributed by atoms with Crippen molar-refractivity contribution < 1.29 is 9.53 Å². The molecule has 9 heteroatoms. The first-order chi connectivity index (χ1) is 14.6. The average molecular weight is 428 g/mol. The van der Waals surface area contributed by atoms with Gasteiger partial charge in [0.2, 0.25) is 5.91 Å². The molecule has 0 radical (unpaired) electrons. The van der Waals surface area contributed by atoms with Crippen LogP contribution in [0.2, 0.25) is 0 Å². The number of nitrogens with one attached hydrogen (secondary N) is 1. The van der Waals surface area contributed by atoms with E-state index in [-0.39, 0.29) is 12.5 Å². The van der Waals surface area contributed by atoms with E-state index in [1.165, 1.54) is 36.6 Å². The van der Waals surface area contributed by atoms with Crippen LogP contribution in [0.15, 0.2) is 46.2 Å². The summed E-state index contributed by atoms with van der Waals surface area (Å²) in [7, 11) is 1.60. The first-order valence-electron chi connectivity index (χ1n) is 10.2. The number of amides is 1. The number of carbonyl (C=O) groups is 1. The van der Waals surface area contributed by atoms with Crippen LogP contribution in [0.25, 0.3) is 5.65 Å². The molecule has 1 fully saturated rings. The van der Waals surface area contributed by atoms with Gasteiger partial charge in [0.05, 0.1) is 7.11 Å². The topological polar surface area (TPSA) is 90.5 Å². The van der Waals surface area contributed by atoms with Crippen LogP contribution < -0.4 is 15.7 Å². The molecule has 1 N–H and O–H groups in total. The average Bonchev–Trinajstić information content (AvgIpc) is 3.08. The van der Waals surface area contributed by atoms with E-state index in [0.717, 1.165) is 21.0 Å². The molecule has 1 aliphatic rings. The minimum absolute atomic E-state index is 0.155. The van der Waals surface area contributed by atoms with Crippen LogP contribution in [-0.2, 0) is 17.9 Å². The lowest BCUT2D eigenvalue weighted by Gasteiger charge is -2.20. The van der Waals surface area contributed by atoms with Gasteiger partial charge in [0.1, 0.15) is 17.3 Å². The number of methoxy groups -OCH3 is 1. The summed E-state index contributed by atoms with van der Waals surface area (Å²) >= 11 is 1.72. The van der Waals surface area contributed by atoms with Gasteiger partial charge in [-0.2, -0.15) is 9.61 Å². The van der Waals surface area contributed by atoms with Gasteiger partial charge in [-0.1, -0.05) is 31.4 Å². The second kappa shape index (κ2) is 9.34. The molecule has 8 nitrogen and oxygen atoms in total. The summed E-state index contributed by atoms with van der Waals surface area (Å²) < 4.78 is 7.61. The molecule has 0 atom stereocenters. The standard InChI is InChI=1S/C21H25N5O3S/c1-29-16-7-5-6-15(12-16)13-22-19(27)14-25-21(28)26-18(23-25)10-11-20(24-26)30-17-8-3-2-4-9-17/h5-7,10-12,17H,2-4,8-9,13-14H2,1H3,(H,22,27). The summed E-state index contributed by atoms with van der Waals surface area (Å²) in [6.45, 7) is 0.190. The molecular weight excluding hydrogens is 402 g/mol. The zero-order chi connectivity index (χ0) is 20.9. The number of rotatable bonds is 7. The highest BCUT2D eigenvalue weighted by molar-refractivity contribution is 7.99. The van der Waals surface area contributed by atoms with Gasteiger partial charge >= 0.3 is 5.69 Å². The van der Waals surface area contributed by atoms with Gasteiger partial charge < -0.3 is 10.1 Å². The van der Waals surface area contributed by atoms with E-state index in [9.17, 15) is 9.59 Å². The maximum atomic E-state index is 12.7. The molecule has 1 saturated carbocycles. The fraction of sp³-hybridized carbons (Fsp3) is 0.429. The Morgan fingerprint density at radius 2 is 2.03 bits per heavy atom. The Morgan fingerprint density at radius 1 is 1.20 bits per heavy atom. The van der Waals surface area contributed by atoms with Gasteiger partial charge in [0, 0.05) is 11.8 Å². The third kappa shape index (κ3) is 4.84. The molecule has 0 saturated heterocycles. The molecule has 4 rings (SSSR count).